The number of amides is 1. The van der Waals surface area contributed by atoms with Gasteiger partial charge in [-0.05, 0) is 25.7 Å². The largest absolute Gasteiger partial charge is 0.351 e. The van der Waals surface area contributed by atoms with Gasteiger partial charge in [-0.2, -0.15) is 0 Å². The third kappa shape index (κ3) is 4.50. The average Bonchev–Trinajstić information content (AvgIpc) is 2.38. The van der Waals surface area contributed by atoms with Crippen LogP contribution in [0.25, 0.3) is 0 Å². The van der Waals surface area contributed by atoms with Crippen molar-refractivity contribution >= 4 is 5.91 Å². The van der Waals surface area contributed by atoms with E-state index in [9.17, 15) is 4.79 Å². The molecule has 0 radical (unpaired) electrons. The van der Waals surface area contributed by atoms with Crippen LogP contribution in [0.15, 0.2) is 18.3 Å². The highest BCUT2D eigenvalue weighted by molar-refractivity contribution is 5.94. The molecule has 3 N–H and O–H groups in total. The van der Waals surface area contributed by atoms with Gasteiger partial charge in [0, 0.05) is 31.4 Å². The Morgan fingerprint density at radius 2 is 2.35 bits per heavy atom. The summed E-state index contributed by atoms with van der Waals surface area (Å²) < 4.78 is 0. The van der Waals surface area contributed by atoms with Crippen LogP contribution in [0.1, 0.15) is 23.0 Å². The van der Waals surface area contributed by atoms with Gasteiger partial charge in [-0.3, -0.25) is 9.78 Å². The molecule has 0 aliphatic carbocycles. The Bertz CT molecular complexity index is 367. The Hall–Kier alpha value is -1.46. The van der Waals surface area contributed by atoms with Gasteiger partial charge in [-0.25, -0.2) is 0 Å². The first-order valence-corrected chi connectivity index (χ1v) is 5.79. The topological polar surface area (TPSA) is 71.2 Å². The highest BCUT2D eigenvalue weighted by Gasteiger charge is 2.05. The second-order valence-corrected chi connectivity index (χ2v) is 3.89. The van der Waals surface area contributed by atoms with E-state index in [-0.39, 0.29) is 5.91 Å². The maximum atomic E-state index is 11.8. The summed E-state index contributed by atoms with van der Waals surface area (Å²) in [7, 11) is 2.02. The van der Waals surface area contributed by atoms with Crippen LogP contribution >= 0.6 is 0 Å². The number of aromatic nitrogens is 1. The molecule has 5 heteroatoms. The van der Waals surface area contributed by atoms with Crippen LogP contribution in [-0.2, 0) is 6.54 Å². The summed E-state index contributed by atoms with van der Waals surface area (Å²) in [4.78, 5) is 18.0. The Labute approximate surface area is 102 Å². The molecule has 1 rings (SSSR count). The Kier molecular flexibility index (Phi) is 5.59. The lowest BCUT2D eigenvalue weighted by molar-refractivity contribution is 0.0950. The van der Waals surface area contributed by atoms with Crippen LogP contribution in [0.4, 0.5) is 0 Å². The summed E-state index contributed by atoms with van der Waals surface area (Å²) in [6.45, 7) is 4.89. The number of pyridine rings is 1. The van der Waals surface area contributed by atoms with Crippen LogP contribution in [0.5, 0.6) is 0 Å². The lowest BCUT2D eigenvalue weighted by Gasteiger charge is -2.14. The number of carbonyl (C=O) groups excluding carboxylic acids is 1. The van der Waals surface area contributed by atoms with Crippen molar-refractivity contribution in [1.82, 2.24) is 15.2 Å². The van der Waals surface area contributed by atoms with Crippen LogP contribution < -0.4 is 11.1 Å². The SMILES string of the molecule is CCN(C)CCNC(=O)c1ccnc(CN)c1. The van der Waals surface area contributed by atoms with Gasteiger partial charge in [0.05, 0.1) is 5.69 Å². The molecule has 94 valence electrons. The van der Waals surface area contributed by atoms with Gasteiger partial charge < -0.3 is 16.0 Å². The van der Waals surface area contributed by atoms with Gasteiger partial charge in [0.15, 0.2) is 0 Å². The lowest BCUT2D eigenvalue weighted by Crippen LogP contribution is -2.32. The number of nitrogens with one attached hydrogen (secondary N) is 1. The molecule has 17 heavy (non-hydrogen) atoms. The minimum absolute atomic E-state index is 0.0772. The molecule has 1 aromatic rings. The van der Waals surface area contributed by atoms with Crippen molar-refractivity contribution < 1.29 is 4.79 Å². The molecule has 0 unspecified atom stereocenters. The molecule has 0 saturated carbocycles. The van der Waals surface area contributed by atoms with E-state index in [0.29, 0.717) is 18.7 Å². The standard InChI is InChI=1S/C12H20N4O/c1-3-16(2)7-6-15-12(17)10-4-5-14-11(8-10)9-13/h4-5,8H,3,6-7,9,13H2,1-2H3,(H,15,17). The lowest BCUT2D eigenvalue weighted by atomic mass is 10.2. The number of nitrogens with two attached hydrogens (primary N) is 1. The zero-order valence-electron chi connectivity index (χ0n) is 10.4. The van der Waals surface area contributed by atoms with Crippen molar-refractivity contribution in [2.24, 2.45) is 5.73 Å². The quantitative estimate of drug-likeness (QED) is 0.741. The summed E-state index contributed by atoms with van der Waals surface area (Å²) in [5.74, 6) is -0.0772. The van der Waals surface area contributed by atoms with Gasteiger partial charge in [-0.1, -0.05) is 6.92 Å². The Morgan fingerprint density at radius 1 is 1.59 bits per heavy atom. The van der Waals surface area contributed by atoms with Crippen molar-refractivity contribution in [1.29, 1.82) is 0 Å². The highest BCUT2D eigenvalue weighted by Crippen LogP contribution is 2.00. The molecule has 0 bridgehead atoms. The van der Waals surface area contributed by atoms with E-state index < -0.39 is 0 Å². The Morgan fingerprint density at radius 3 is 3.00 bits per heavy atom. The maximum Gasteiger partial charge on any atom is 0.251 e. The number of likely N-dealkylation sites (N-methyl/N-ethyl adjacent to an activating group) is 1. The van der Waals surface area contributed by atoms with E-state index in [1.807, 2.05) is 7.05 Å². The summed E-state index contributed by atoms with van der Waals surface area (Å²) in [5.41, 5.74) is 6.81. The first kappa shape index (κ1) is 13.6. The average molecular weight is 236 g/mol. The van der Waals surface area contributed by atoms with Gasteiger partial charge in [0.25, 0.3) is 5.91 Å². The Balaban J connectivity index is 2.46. The number of hydrogen-bond acceptors (Lipinski definition) is 4. The van der Waals surface area contributed by atoms with E-state index >= 15 is 0 Å². The van der Waals surface area contributed by atoms with Gasteiger partial charge >= 0.3 is 0 Å². The third-order valence-electron chi connectivity index (χ3n) is 2.61. The molecular weight excluding hydrogens is 216 g/mol. The second kappa shape index (κ2) is 6.98. The van der Waals surface area contributed by atoms with E-state index in [2.05, 4.69) is 22.1 Å². The molecular formula is C12H20N4O. The molecule has 0 saturated heterocycles. The normalized spacial score (nSPS) is 10.6. The van der Waals surface area contributed by atoms with E-state index in [0.717, 1.165) is 18.8 Å². The smallest absolute Gasteiger partial charge is 0.251 e. The number of carbonyl (C=O) groups is 1. The minimum atomic E-state index is -0.0772. The van der Waals surface area contributed by atoms with Crippen LogP contribution in [0.3, 0.4) is 0 Å². The fraction of sp³-hybridized carbons (Fsp3) is 0.500. The van der Waals surface area contributed by atoms with Crippen LogP contribution in [0, 0.1) is 0 Å². The molecule has 0 aromatic carbocycles. The van der Waals surface area contributed by atoms with Crippen molar-refractivity contribution in [2.75, 3.05) is 26.7 Å². The maximum absolute atomic E-state index is 11.8. The molecule has 1 heterocycles. The summed E-state index contributed by atoms with van der Waals surface area (Å²) in [5, 5.41) is 2.87. The second-order valence-electron chi connectivity index (χ2n) is 3.89. The molecule has 0 spiro atoms. The van der Waals surface area contributed by atoms with Crippen molar-refractivity contribution in [3.05, 3.63) is 29.6 Å². The molecule has 0 aliphatic heterocycles. The van der Waals surface area contributed by atoms with E-state index in [1.165, 1.54) is 0 Å². The van der Waals surface area contributed by atoms with Crippen LogP contribution in [0.2, 0.25) is 0 Å². The predicted octanol–water partition coefficient (Wildman–Crippen LogP) is 0.222. The molecule has 0 atom stereocenters. The third-order valence-corrected chi connectivity index (χ3v) is 2.61. The molecule has 0 fully saturated rings. The fourth-order valence-electron chi connectivity index (χ4n) is 1.35. The van der Waals surface area contributed by atoms with Gasteiger partial charge in [-0.15, -0.1) is 0 Å². The zero-order chi connectivity index (χ0) is 12.7. The van der Waals surface area contributed by atoms with Crippen molar-refractivity contribution in [3.63, 3.8) is 0 Å². The summed E-state index contributed by atoms with van der Waals surface area (Å²) in [6.07, 6.45) is 1.61. The fourth-order valence-corrected chi connectivity index (χ4v) is 1.35. The van der Waals surface area contributed by atoms with E-state index in [4.69, 9.17) is 5.73 Å². The minimum Gasteiger partial charge on any atom is -0.351 e. The first-order chi connectivity index (χ1) is 8.17. The van der Waals surface area contributed by atoms with Crippen molar-refractivity contribution in [3.8, 4) is 0 Å². The predicted molar refractivity (Wildman–Crippen MR) is 67.6 cm³/mol. The zero-order valence-corrected chi connectivity index (χ0v) is 10.4. The molecule has 0 aliphatic rings. The molecule has 1 amide bonds. The van der Waals surface area contributed by atoms with Gasteiger partial charge in [0.2, 0.25) is 0 Å². The first-order valence-electron chi connectivity index (χ1n) is 5.79. The van der Waals surface area contributed by atoms with E-state index in [1.54, 1.807) is 18.3 Å². The number of rotatable bonds is 6. The molecule has 5 nitrogen and oxygen atoms in total. The van der Waals surface area contributed by atoms with Crippen LogP contribution in [-0.4, -0.2) is 42.5 Å². The number of nitrogens with zero attached hydrogens (tertiary/aromatic N) is 2. The molecule has 1 aromatic heterocycles. The number of hydrogen-bond donors (Lipinski definition) is 2. The summed E-state index contributed by atoms with van der Waals surface area (Å²) in [6, 6.07) is 3.41. The van der Waals surface area contributed by atoms with Gasteiger partial charge in [0.1, 0.15) is 0 Å². The highest BCUT2D eigenvalue weighted by atomic mass is 16.1. The summed E-state index contributed by atoms with van der Waals surface area (Å²) >= 11 is 0. The monoisotopic (exact) mass is 236 g/mol. The van der Waals surface area contributed by atoms with Crippen molar-refractivity contribution in [2.45, 2.75) is 13.5 Å².